The SMILES string of the molecule is CCCNCc1ccc2c(ccn2CCCCC#N)c1. The summed E-state index contributed by atoms with van der Waals surface area (Å²) in [4.78, 5) is 0. The molecule has 0 aliphatic carbocycles. The summed E-state index contributed by atoms with van der Waals surface area (Å²) < 4.78 is 2.29. The highest BCUT2D eigenvalue weighted by Crippen LogP contribution is 2.18. The van der Waals surface area contributed by atoms with Crippen LogP contribution < -0.4 is 5.32 Å². The number of unbranched alkanes of at least 4 members (excludes halogenated alkanes) is 2. The Balaban J connectivity index is 1.99. The van der Waals surface area contributed by atoms with Crippen molar-refractivity contribution in [3.05, 3.63) is 36.0 Å². The van der Waals surface area contributed by atoms with Gasteiger partial charge in [0, 0.05) is 31.2 Å². The Morgan fingerprint density at radius 3 is 2.95 bits per heavy atom. The molecule has 2 aromatic rings. The van der Waals surface area contributed by atoms with Gasteiger partial charge in [-0.25, -0.2) is 0 Å². The van der Waals surface area contributed by atoms with Gasteiger partial charge in [0.25, 0.3) is 0 Å². The molecule has 1 heterocycles. The smallest absolute Gasteiger partial charge is 0.0621 e. The lowest BCUT2D eigenvalue weighted by Crippen LogP contribution is -2.13. The molecule has 1 N–H and O–H groups in total. The van der Waals surface area contributed by atoms with Gasteiger partial charge in [0.15, 0.2) is 0 Å². The normalized spacial score (nSPS) is 10.8. The van der Waals surface area contributed by atoms with Crippen LogP contribution in [0.3, 0.4) is 0 Å². The Morgan fingerprint density at radius 1 is 1.25 bits per heavy atom. The molecule has 1 aromatic carbocycles. The highest BCUT2D eigenvalue weighted by atomic mass is 14.9. The largest absolute Gasteiger partial charge is 0.347 e. The van der Waals surface area contributed by atoms with E-state index in [2.05, 4.69) is 53.3 Å². The van der Waals surface area contributed by atoms with E-state index in [1.807, 2.05) is 0 Å². The third kappa shape index (κ3) is 3.85. The van der Waals surface area contributed by atoms with Crippen LogP contribution in [0.5, 0.6) is 0 Å². The van der Waals surface area contributed by atoms with Crippen LogP contribution in [-0.2, 0) is 13.1 Å². The molecule has 106 valence electrons. The predicted molar refractivity (Wildman–Crippen MR) is 83.4 cm³/mol. The minimum atomic E-state index is 0.659. The molecule has 0 saturated carbocycles. The summed E-state index contributed by atoms with van der Waals surface area (Å²) in [5, 5.41) is 13.3. The van der Waals surface area contributed by atoms with E-state index in [0.29, 0.717) is 6.42 Å². The monoisotopic (exact) mass is 269 g/mol. The van der Waals surface area contributed by atoms with Crippen molar-refractivity contribution >= 4 is 10.9 Å². The molecule has 20 heavy (non-hydrogen) atoms. The number of hydrogen-bond acceptors (Lipinski definition) is 2. The van der Waals surface area contributed by atoms with Crippen molar-refractivity contribution in [2.75, 3.05) is 6.54 Å². The second kappa shape index (κ2) is 7.72. The van der Waals surface area contributed by atoms with Crippen molar-refractivity contribution in [3.8, 4) is 6.07 Å². The molecule has 0 spiro atoms. The summed E-state index contributed by atoms with van der Waals surface area (Å²) >= 11 is 0. The van der Waals surface area contributed by atoms with Crippen LogP contribution in [0.4, 0.5) is 0 Å². The molecular weight excluding hydrogens is 246 g/mol. The predicted octanol–water partition coefficient (Wildman–Crippen LogP) is 3.83. The maximum absolute atomic E-state index is 8.55. The summed E-state index contributed by atoms with van der Waals surface area (Å²) in [7, 11) is 0. The van der Waals surface area contributed by atoms with E-state index in [1.54, 1.807) is 0 Å². The second-order valence-corrected chi connectivity index (χ2v) is 5.19. The zero-order valence-electron chi connectivity index (χ0n) is 12.2. The second-order valence-electron chi connectivity index (χ2n) is 5.19. The maximum Gasteiger partial charge on any atom is 0.0621 e. The Hall–Kier alpha value is -1.79. The minimum absolute atomic E-state index is 0.659. The highest BCUT2D eigenvalue weighted by Gasteiger charge is 2.02. The Labute approximate surface area is 121 Å². The molecule has 0 unspecified atom stereocenters. The average molecular weight is 269 g/mol. The van der Waals surface area contributed by atoms with Gasteiger partial charge >= 0.3 is 0 Å². The number of aryl methyl sites for hydroxylation is 1. The number of nitrogens with zero attached hydrogens (tertiary/aromatic N) is 2. The first-order valence-electron chi connectivity index (χ1n) is 7.50. The van der Waals surface area contributed by atoms with Gasteiger partial charge < -0.3 is 9.88 Å². The molecule has 0 bridgehead atoms. The van der Waals surface area contributed by atoms with Gasteiger partial charge in [0.05, 0.1) is 6.07 Å². The zero-order chi connectivity index (χ0) is 14.2. The van der Waals surface area contributed by atoms with Crippen molar-refractivity contribution in [1.29, 1.82) is 5.26 Å². The summed E-state index contributed by atoms with van der Waals surface area (Å²) in [6.07, 6.45) is 6.03. The summed E-state index contributed by atoms with van der Waals surface area (Å²) in [6, 6.07) is 11.1. The Morgan fingerprint density at radius 2 is 2.15 bits per heavy atom. The Bertz CT molecular complexity index is 577. The molecule has 0 atom stereocenters. The molecule has 0 amide bonds. The van der Waals surface area contributed by atoms with E-state index in [1.165, 1.54) is 22.9 Å². The van der Waals surface area contributed by atoms with Gasteiger partial charge in [0.2, 0.25) is 0 Å². The molecule has 3 heteroatoms. The first-order valence-corrected chi connectivity index (χ1v) is 7.50. The lowest BCUT2D eigenvalue weighted by Gasteiger charge is -2.06. The number of hydrogen-bond donors (Lipinski definition) is 1. The standard InChI is InChI=1S/C17H23N3/c1-2-10-19-14-15-6-7-17-16(13-15)8-12-20(17)11-5-3-4-9-18/h6-8,12-13,19H,2-5,10-11,14H2,1H3. The van der Waals surface area contributed by atoms with E-state index < -0.39 is 0 Å². The third-order valence-corrected chi connectivity index (χ3v) is 3.53. The van der Waals surface area contributed by atoms with E-state index in [0.717, 1.165) is 32.5 Å². The molecule has 1 aromatic heterocycles. The van der Waals surface area contributed by atoms with Crippen LogP contribution in [0.2, 0.25) is 0 Å². The molecule has 0 fully saturated rings. The lowest BCUT2D eigenvalue weighted by atomic mass is 10.1. The fourth-order valence-electron chi connectivity index (χ4n) is 2.45. The lowest BCUT2D eigenvalue weighted by molar-refractivity contribution is 0.632. The maximum atomic E-state index is 8.55. The van der Waals surface area contributed by atoms with Crippen LogP contribution in [0.25, 0.3) is 10.9 Å². The van der Waals surface area contributed by atoms with Crippen LogP contribution in [0.15, 0.2) is 30.5 Å². The fraction of sp³-hybridized carbons (Fsp3) is 0.471. The van der Waals surface area contributed by atoms with Crippen LogP contribution in [0, 0.1) is 11.3 Å². The number of rotatable bonds is 8. The summed E-state index contributed by atoms with van der Waals surface area (Å²) in [5.41, 5.74) is 2.63. The number of benzene rings is 1. The molecule has 0 saturated heterocycles. The number of nitriles is 1. The van der Waals surface area contributed by atoms with E-state index in [4.69, 9.17) is 5.26 Å². The van der Waals surface area contributed by atoms with Crippen LogP contribution in [0.1, 0.15) is 38.2 Å². The minimum Gasteiger partial charge on any atom is -0.347 e. The van der Waals surface area contributed by atoms with E-state index in [-0.39, 0.29) is 0 Å². The van der Waals surface area contributed by atoms with Gasteiger partial charge in [-0.15, -0.1) is 0 Å². The first-order chi connectivity index (χ1) is 9.85. The molecular formula is C17H23N3. The third-order valence-electron chi connectivity index (χ3n) is 3.53. The number of nitrogens with one attached hydrogen (secondary N) is 1. The van der Waals surface area contributed by atoms with Crippen molar-refractivity contribution in [2.24, 2.45) is 0 Å². The van der Waals surface area contributed by atoms with Crippen LogP contribution in [-0.4, -0.2) is 11.1 Å². The number of aromatic nitrogens is 1. The molecule has 0 aliphatic rings. The van der Waals surface area contributed by atoms with Crippen molar-refractivity contribution < 1.29 is 0 Å². The van der Waals surface area contributed by atoms with E-state index >= 15 is 0 Å². The zero-order valence-corrected chi connectivity index (χ0v) is 12.2. The first kappa shape index (κ1) is 14.6. The van der Waals surface area contributed by atoms with Crippen molar-refractivity contribution in [1.82, 2.24) is 9.88 Å². The quantitative estimate of drug-likeness (QED) is 0.740. The van der Waals surface area contributed by atoms with Crippen molar-refractivity contribution in [3.63, 3.8) is 0 Å². The van der Waals surface area contributed by atoms with E-state index in [9.17, 15) is 0 Å². The fourth-order valence-corrected chi connectivity index (χ4v) is 2.45. The van der Waals surface area contributed by atoms with Gasteiger partial charge in [0.1, 0.15) is 0 Å². The molecule has 3 nitrogen and oxygen atoms in total. The molecule has 0 aliphatic heterocycles. The van der Waals surface area contributed by atoms with Gasteiger partial charge in [-0.2, -0.15) is 5.26 Å². The molecule has 0 radical (unpaired) electrons. The summed E-state index contributed by atoms with van der Waals surface area (Å²) in [5.74, 6) is 0. The number of fused-ring (bicyclic) bond motifs is 1. The van der Waals surface area contributed by atoms with Crippen molar-refractivity contribution in [2.45, 2.75) is 45.7 Å². The van der Waals surface area contributed by atoms with Gasteiger partial charge in [-0.05, 0) is 55.0 Å². The average Bonchev–Trinajstić information content (AvgIpc) is 2.86. The van der Waals surface area contributed by atoms with Gasteiger partial charge in [-0.1, -0.05) is 13.0 Å². The topological polar surface area (TPSA) is 40.8 Å². The summed E-state index contributed by atoms with van der Waals surface area (Å²) in [6.45, 7) is 5.19. The highest BCUT2D eigenvalue weighted by molar-refractivity contribution is 5.80. The molecule has 2 rings (SSSR count). The van der Waals surface area contributed by atoms with Crippen LogP contribution >= 0.6 is 0 Å². The van der Waals surface area contributed by atoms with Gasteiger partial charge in [-0.3, -0.25) is 0 Å². The Kier molecular flexibility index (Phi) is 5.64.